The third-order valence-electron chi connectivity index (χ3n) is 4.03. The Kier molecular flexibility index (Phi) is 6.53. The van der Waals surface area contributed by atoms with E-state index < -0.39 is 0 Å². The van der Waals surface area contributed by atoms with Gasteiger partial charge in [0.15, 0.2) is 11.5 Å². The van der Waals surface area contributed by atoms with E-state index in [1.165, 1.54) is 11.3 Å². The lowest BCUT2D eigenvalue weighted by molar-refractivity contribution is 0.324. The summed E-state index contributed by atoms with van der Waals surface area (Å²) >= 11 is 5.00. The van der Waals surface area contributed by atoms with E-state index in [9.17, 15) is 0 Å². The summed E-state index contributed by atoms with van der Waals surface area (Å²) in [4.78, 5) is 5.12. The van der Waals surface area contributed by atoms with Crippen molar-refractivity contribution in [2.45, 2.75) is 0 Å². The number of aromatic nitrogens is 1. The minimum Gasteiger partial charge on any atom is -0.493 e. The molecule has 146 valence electrons. The van der Waals surface area contributed by atoms with Gasteiger partial charge in [-0.25, -0.2) is 4.68 Å². The molecule has 1 aromatic heterocycles. The first-order valence-electron chi connectivity index (χ1n) is 8.35. The second kappa shape index (κ2) is 9.07. The van der Waals surface area contributed by atoms with Gasteiger partial charge in [0.25, 0.3) is 0 Å². The summed E-state index contributed by atoms with van der Waals surface area (Å²) in [6.07, 6.45) is 1.74. The molecule has 0 aliphatic carbocycles. The highest BCUT2D eigenvalue weighted by atomic mass is 79.9. The van der Waals surface area contributed by atoms with Gasteiger partial charge in [0, 0.05) is 28.0 Å². The Hall–Kier alpha value is -2.58. The van der Waals surface area contributed by atoms with Crippen LogP contribution < -0.4 is 19.0 Å². The van der Waals surface area contributed by atoms with Crippen LogP contribution in [0.25, 0.3) is 11.3 Å². The number of rotatable bonds is 6. The van der Waals surface area contributed by atoms with Crippen LogP contribution in [0, 0.1) is 0 Å². The molecule has 2 aromatic carbocycles. The third kappa shape index (κ3) is 4.13. The molecule has 0 fully saturated rings. The van der Waals surface area contributed by atoms with E-state index in [1.54, 1.807) is 34.6 Å². The first-order chi connectivity index (χ1) is 13.6. The molecule has 0 spiro atoms. The molecule has 0 atom stereocenters. The molecule has 0 aliphatic heterocycles. The summed E-state index contributed by atoms with van der Waals surface area (Å²) in [5.74, 6) is 1.70. The smallest absolute Gasteiger partial charge is 0.205 e. The number of thiazole rings is 1. The molecule has 0 N–H and O–H groups in total. The van der Waals surface area contributed by atoms with Crippen molar-refractivity contribution in [2.24, 2.45) is 10.1 Å². The molecule has 0 radical (unpaired) electrons. The Morgan fingerprint density at radius 2 is 1.64 bits per heavy atom. The van der Waals surface area contributed by atoms with Crippen LogP contribution in [-0.4, -0.2) is 39.3 Å². The molecule has 3 rings (SSSR count). The van der Waals surface area contributed by atoms with Crippen LogP contribution in [0.15, 0.2) is 56.3 Å². The fourth-order valence-electron chi connectivity index (χ4n) is 2.68. The maximum atomic E-state index is 5.41. The van der Waals surface area contributed by atoms with E-state index in [4.69, 9.17) is 14.2 Å². The van der Waals surface area contributed by atoms with Gasteiger partial charge in [0.1, 0.15) is 0 Å². The highest BCUT2D eigenvalue weighted by Crippen LogP contribution is 2.37. The van der Waals surface area contributed by atoms with Crippen LogP contribution >= 0.6 is 27.3 Å². The van der Waals surface area contributed by atoms with E-state index in [2.05, 4.69) is 26.0 Å². The van der Waals surface area contributed by atoms with Gasteiger partial charge in [0.05, 0.1) is 33.2 Å². The van der Waals surface area contributed by atoms with Gasteiger partial charge in [-0.15, -0.1) is 11.3 Å². The van der Waals surface area contributed by atoms with Crippen LogP contribution in [0.5, 0.6) is 17.2 Å². The van der Waals surface area contributed by atoms with Crippen molar-refractivity contribution < 1.29 is 14.2 Å². The zero-order valence-corrected chi connectivity index (χ0v) is 18.4. The van der Waals surface area contributed by atoms with Crippen LogP contribution in [-0.2, 0) is 0 Å². The van der Waals surface area contributed by atoms with Crippen LogP contribution in [0.1, 0.15) is 5.56 Å². The highest BCUT2D eigenvalue weighted by Gasteiger charge is 2.13. The second-order valence-electron chi connectivity index (χ2n) is 5.65. The van der Waals surface area contributed by atoms with Crippen molar-refractivity contribution in [1.82, 2.24) is 4.68 Å². The van der Waals surface area contributed by atoms with E-state index in [0.29, 0.717) is 17.2 Å². The second-order valence-corrected chi connectivity index (χ2v) is 7.40. The standard InChI is InChI=1S/C20H20BrN3O3S/c1-22-20-24(16(12-28-20)14-5-7-15(21)8-6-14)23-11-13-9-17(25-2)19(27-4)18(10-13)26-3/h5-12H,1-4H3. The Labute approximate surface area is 175 Å². The Balaban J connectivity index is 2.06. The lowest BCUT2D eigenvalue weighted by atomic mass is 10.2. The molecule has 0 saturated heterocycles. The number of benzene rings is 2. The predicted molar refractivity (Wildman–Crippen MR) is 116 cm³/mol. The summed E-state index contributed by atoms with van der Waals surface area (Å²) in [5, 5.41) is 6.70. The number of hydrogen-bond acceptors (Lipinski definition) is 6. The number of ether oxygens (including phenoxy) is 3. The van der Waals surface area contributed by atoms with Gasteiger partial charge in [0.2, 0.25) is 10.6 Å². The molecule has 6 nitrogen and oxygen atoms in total. The first kappa shape index (κ1) is 20.2. The number of methoxy groups -OCH3 is 3. The normalized spacial score (nSPS) is 11.8. The summed E-state index contributed by atoms with van der Waals surface area (Å²) < 4.78 is 19.0. The first-order valence-corrected chi connectivity index (χ1v) is 10.0. The van der Waals surface area contributed by atoms with Gasteiger partial charge in [-0.1, -0.05) is 28.1 Å². The molecule has 8 heteroatoms. The van der Waals surface area contributed by atoms with Crippen molar-refractivity contribution in [3.05, 3.63) is 56.6 Å². The minimum absolute atomic E-state index is 0.546. The zero-order valence-electron chi connectivity index (χ0n) is 16.0. The number of hydrogen-bond donors (Lipinski definition) is 0. The molecule has 1 heterocycles. The third-order valence-corrected chi connectivity index (χ3v) is 5.46. The lowest BCUT2D eigenvalue weighted by Gasteiger charge is -2.12. The molecular weight excluding hydrogens is 442 g/mol. The largest absolute Gasteiger partial charge is 0.493 e. The van der Waals surface area contributed by atoms with Crippen molar-refractivity contribution in [2.75, 3.05) is 28.4 Å². The lowest BCUT2D eigenvalue weighted by Crippen LogP contribution is -2.11. The molecule has 3 aromatic rings. The Morgan fingerprint density at radius 3 is 2.18 bits per heavy atom. The van der Waals surface area contributed by atoms with E-state index in [1.807, 2.05) is 46.5 Å². The maximum absolute atomic E-state index is 5.41. The van der Waals surface area contributed by atoms with Crippen molar-refractivity contribution in [3.8, 4) is 28.5 Å². The van der Waals surface area contributed by atoms with Gasteiger partial charge >= 0.3 is 0 Å². The van der Waals surface area contributed by atoms with Crippen LogP contribution in [0.4, 0.5) is 0 Å². The molecule has 0 aliphatic rings. The van der Waals surface area contributed by atoms with Crippen molar-refractivity contribution in [3.63, 3.8) is 0 Å². The number of halogens is 1. The topological polar surface area (TPSA) is 57.3 Å². The summed E-state index contributed by atoms with van der Waals surface area (Å²) in [6.45, 7) is 0. The van der Waals surface area contributed by atoms with Crippen LogP contribution in [0.3, 0.4) is 0 Å². The average Bonchev–Trinajstić information content (AvgIpc) is 3.14. The highest BCUT2D eigenvalue weighted by molar-refractivity contribution is 9.10. The summed E-state index contributed by atoms with van der Waals surface area (Å²) in [5.41, 5.74) is 2.83. The maximum Gasteiger partial charge on any atom is 0.205 e. The molecule has 0 amide bonds. The zero-order chi connectivity index (χ0) is 20.1. The fourth-order valence-corrected chi connectivity index (χ4v) is 3.75. The predicted octanol–water partition coefficient (Wildman–Crippen LogP) is 4.42. The number of nitrogens with zero attached hydrogens (tertiary/aromatic N) is 3. The van der Waals surface area contributed by atoms with Crippen LogP contribution in [0.2, 0.25) is 0 Å². The molecule has 0 unspecified atom stereocenters. The van der Waals surface area contributed by atoms with Crippen molar-refractivity contribution in [1.29, 1.82) is 0 Å². The summed E-state index contributed by atoms with van der Waals surface area (Å²) in [6, 6.07) is 11.8. The van der Waals surface area contributed by atoms with Gasteiger partial charge in [-0.3, -0.25) is 4.99 Å². The molecular formula is C20H20BrN3O3S. The van der Waals surface area contributed by atoms with E-state index in [-0.39, 0.29) is 0 Å². The fraction of sp³-hybridized carbons (Fsp3) is 0.200. The van der Waals surface area contributed by atoms with E-state index >= 15 is 0 Å². The Morgan fingerprint density at radius 1 is 1.00 bits per heavy atom. The minimum atomic E-state index is 0.546. The average molecular weight is 462 g/mol. The van der Waals surface area contributed by atoms with E-state index in [0.717, 1.165) is 26.1 Å². The summed E-state index contributed by atoms with van der Waals surface area (Å²) in [7, 11) is 6.51. The molecule has 0 bridgehead atoms. The SMILES string of the molecule is CN=c1scc(-c2ccc(Br)cc2)n1N=Cc1cc(OC)c(OC)c(OC)c1. The van der Waals surface area contributed by atoms with Gasteiger partial charge in [-0.2, -0.15) is 5.10 Å². The molecule has 28 heavy (non-hydrogen) atoms. The van der Waals surface area contributed by atoms with Gasteiger partial charge < -0.3 is 14.2 Å². The molecule has 0 saturated carbocycles. The quantitative estimate of drug-likeness (QED) is 0.510. The monoisotopic (exact) mass is 461 g/mol. The van der Waals surface area contributed by atoms with Gasteiger partial charge in [-0.05, 0) is 24.3 Å². The van der Waals surface area contributed by atoms with Crippen molar-refractivity contribution >= 4 is 33.5 Å². The Bertz CT molecular complexity index is 1030.